The summed E-state index contributed by atoms with van der Waals surface area (Å²) in [5, 5.41) is 3.49. The molecule has 0 unspecified atom stereocenters. The van der Waals surface area contributed by atoms with Gasteiger partial charge in [0.25, 0.3) is 0 Å². The van der Waals surface area contributed by atoms with Gasteiger partial charge in [-0.05, 0) is 43.4 Å². The molecule has 6 nitrogen and oxygen atoms in total. The van der Waals surface area contributed by atoms with Gasteiger partial charge in [0.05, 0.1) is 11.9 Å². The Labute approximate surface area is 139 Å². The van der Waals surface area contributed by atoms with E-state index in [4.69, 9.17) is 0 Å². The van der Waals surface area contributed by atoms with Crippen molar-refractivity contribution in [3.63, 3.8) is 0 Å². The van der Waals surface area contributed by atoms with Gasteiger partial charge in [0.1, 0.15) is 4.90 Å². The fourth-order valence-corrected chi connectivity index (χ4v) is 4.68. The second-order valence-electron chi connectivity index (χ2n) is 5.78. The highest BCUT2D eigenvalue weighted by atomic mass is 32.2. The molecule has 0 amide bonds. The maximum absolute atomic E-state index is 12.8. The predicted octanol–water partition coefficient (Wildman–Crippen LogP) is 2.55. The second kappa shape index (κ2) is 6.56. The zero-order valence-electron chi connectivity index (χ0n) is 13.1. The number of halogens is 2. The molecule has 2 aromatic rings. The summed E-state index contributed by atoms with van der Waals surface area (Å²) in [7, 11) is -3.81. The normalized spacial score (nSPS) is 17.5. The molecule has 130 valence electrons. The number of hydrogen-bond donors (Lipinski definition) is 0. The predicted molar refractivity (Wildman–Crippen MR) is 83.2 cm³/mol. The zero-order valence-corrected chi connectivity index (χ0v) is 14.0. The van der Waals surface area contributed by atoms with Crippen LogP contribution in [0.25, 0.3) is 0 Å². The minimum absolute atomic E-state index is 0.0405. The molecule has 0 N–H and O–H groups in total. The minimum atomic E-state index is -3.81. The van der Waals surface area contributed by atoms with Gasteiger partial charge in [-0.15, -0.1) is 0 Å². The Kier molecular flexibility index (Phi) is 4.64. The smallest absolute Gasteiger partial charge is 0.265 e. The van der Waals surface area contributed by atoms with Crippen LogP contribution in [0.1, 0.15) is 36.6 Å². The third-order valence-corrected chi connectivity index (χ3v) is 6.44. The maximum Gasteiger partial charge on any atom is 0.333 e. The van der Waals surface area contributed by atoms with Crippen LogP contribution in [-0.4, -0.2) is 40.6 Å². The Hall–Kier alpha value is -1.87. The number of piperidine rings is 1. The second-order valence-corrected chi connectivity index (χ2v) is 7.68. The standard InChI is InChI=1S/C15H18F2N4O2S/c1-11-14(10-19-21(11)15(16)17)24(22,23)20-8-4-13(5-9-20)12-2-6-18-7-3-12/h2-3,6-7,10,13,15H,4-5,8-9H2,1H3. The molecule has 3 rings (SSSR count). The van der Waals surface area contributed by atoms with Crippen molar-refractivity contribution < 1.29 is 17.2 Å². The molecular formula is C15H18F2N4O2S. The third-order valence-electron chi connectivity index (χ3n) is 4.43. The largest absolute Gasteiger partial charge is 0.333 e. The lowest BCUT2D eigenvalue weighted by molar-refractivity contribution is 0.0541. The summed E-state index contributed by atoms with van der Waals surface area (Å²) in [6, 6.07) is 3.87. The SMILES string of the molecule is Cc1c(S(=O)(=O)N2CCC(c3ccncc3)CC2)cnn1C(F)F. The summed E-state index contributed by atoms with van der Waals surface area (Å²) >= 11 is 0. The number of sulfonamides is 1. The Balaban J connectivity index is 1.76. The molecule has 2 aromatic heterocycles. The number of nitrogens with zero attached hydrogens (tertiary/aromatic N) is 4. The number of aromatic nitrogens is 3. The van der Waals surface area contributed by atoms with Crippen molar-refractivity contribution in [3.05, 3.63) is 42.0 Å². The van der Waals surface area contributed by atoms with Crippen LogP contribution in [0.3, 0.4) is 0 Å². The van der Waals surface area contributed by atoms with E-state index in [1.54, 1.807) is 12.4 Å². The van der Waals surface area contributed by atoms with E-state index in [-0.39, 0.29) is 16.5 Å². The van der Waals surface area contributed by atoms with Gasteiger partial charge >= 0.3 is 6.55 Å². The highest BCUT2D eigenvalue weighted by Gasteiger charge is 2.33. The summed E-state index contributed by atoms with van der Waals surface area (Å²) < 4.78 is 52.8. The monoisotopic (exact) mass is 356 g/mol. The first kappa shape index (κ1) is 17.0. The molecule has 1 saturated heterocycles. The van der Waals surface area contributed by atoms with Gasteiger partial charge in [-0.25, -0.2) is 13.1 Å². The lowest BCUT2D eigenvalue weighted by atomic mass is 9.91. The summed E-state index contributed by atoms with van der Waals surface area (Å²) in [4.78, 5) is 3.84. The highest BCUT2D eigenvalue weighted by molar-refractivity contribution is 7.89. The van der Waals surface area contributed by atoms with Crippen LogP contribution in [0.15, 0.2) is 35.6 Å². The molecule has 3 heterocycles. The first-order valence-corrected chi connectivity index (χ1v) is 9.07. The third kappa shape index (κ3) is 3.05. The Morgan fingerprint density at radius 2 is 1.83 bits per heavy atom. The van der Waals surface area contributed by atoms with Gasteiger partial charge in [-0.1, -0.05) is 0 Å². The maximum atomic E-state index is 12.8. The Morgan fingerprint density at radius 1 is 1.21 bits per heavy atom. The molecule has 0 aliphatic carbocycles. The van der Waals surface area contributed by atoms with E-state index in [2.05, 4.69) is 10.1 Å². The van der Waals surface area contributed by atoms with Crippen molar-refractivity contribution in [3.8, 4) is 0 Å². The van der Waals surface area contributed by atoms with Crippen LogP contribution in [0, 0.1) is 6.92 Å². The van der Waals surface area contributed by atoms with Gasteiger partial charge in [-0.3, -0.25) is 4.98 Å². The number of rotatable bonds is 4. The highest BCUT2D eigenvalue weighted by Crippen LogP contribution is 2.31. The van der Waals surface area contributed by atoms with Gasteiger partial charge < -0.3 is 0 Å². The fourth-order valence-electron chi connectivity index (χ4n) is 3.06. The molecule has 1 aliphatic heterocycles. The molecule has 9 heteroatoms. The van der Waals surface area contributed by atoms with Gasteiger partial charge in [0, 0.05) is 25.5 Å². The minimum Gasteiger partial charge on any atom is -0.265 e. The molecule has 0 atom stereocenters. The van der Waals surface area contributed by atoms with Crippen molar-refractivity contribution in [1.82, 2.24) is 19.1 Å². The zero-order chi connectivity index (χ0) is 17.3. The summed E-state index contributed by atoms with van der Waals surface area (Å²) in [5.74, 6) is 0.282. The molecule has 0 saturated carbocycles. The van der Waals surface area contributed by atoms with E-state index in [9.17, 15) is 17.2 Å². The molecule has 24 heavy (non-hydrogen) atoms. The quantitative estimate of drug-likeness (QED) is 0.844. The molecule has 0 bridgehead atoms. The number of pyridine rings is 1. The summed E-state index contributed by atoms with van der Waals surface area (Å²) in [6.07, 6.45) is 5.82. The van der Waals surface area contributed by atoms with E-state index in [0.29, 0.717) is 30.6 Å². The van der Waals surface area contributed by atoms with Crippen LogP contribution in [0.4, 0.5) is 8.78 Å². The average Bonchev–Trinajstić information content (AvgIpc) is 2.98. The van der Waals surface area contributed by atoms with E-state index in [1.807, 2.05) is 12.1 Å². The van der Waals surface area contributed by atoms with Crippen LogP contribution in [0.2, 0.25) is 0 Å². The van der Waals surface area contributed by atoms with Crippen LogP contribution in [0.5, 0.6) is 0 Å². The van der Waals surface area contributed by atoms with Crippen molar-refractivity contribution in [2.24, 2.45) is 0 Å². The van der Waals surface area contributed by atoms with Crippen LogP contribution in [-0.2, 0) is 10.0 Å². The first-order valence-electron chi connectivity index (χ1n) is 7.63. The molecule has 0 radical (unpaired) electrons. The molecule has 1 aliphatic rings. The molecular weight excluding hydrogens is 338 g/mol. The van der Waals surface area contributed by atoms with E-state index >= 15 is 0 Å². The molecule has 1 fully saturated rings. The van der Waals surface area contributed by atoms with E-state index < -0.39 is 16.6 Å². The number of alkyl halides is 2. The van der Waals surface area contributed by atoms with Crippen molar-refractivity contribution in [2.45, 2.75) is 37.1 Å². The summed E-state index contributed by atoms with van der Waals surface area (Å²) in [6.45, 7) is -0.801. The number of hydrogen-bond acceptors (Lipinski definition) is 4. The topological polar surface area (TPSA) is 68.1 Å². The van der Waals surface area contributed by atoms with Crippen LogP contribution < -0.4 is 0 Å². The molecule has 0 aromatic carbocycles. The van der Waals surface area contributed by atoms with E-state index in [1.165, 1.54) is 11.2 Å². The van der Waals surface area contributed by atoms with Crippen molar-refractivity contribution in [2.75, 3.05) is 13.1 Å². The van der Waals surface area contributed by atoms with Crippen LogP contribution >= 0.6 is 0 Å². The van der Waals surface area contributed by atoms with Gasteiger partial charge in [0.2, 0.25) is 10.0 Å². The van der Waals surface area contributed by atoms with Crippen molar-refractivity contribution in [1.29, 1.82) is 0 Å². The fraction of sp³-hybridized carbons (Fsp3) is 0.467. The first-order chi connectivity index (χ1) is 11.4. The van der Waals surface area contributed by atoms with Crippen molar-refractivity contribution >= 4 is 10.0 Å². The lowest BCUT2D eigenvalue weighted by Crippen LogP contribution is -2.38. The Morgan fingerprint density at radius 3 is 2.38 bits per heavy atom. The summed E-state index contributed by atoms with van der Waals surface area (Å²) in [5.41, 5.74) is 1.10. The lowest BCUT2D eigenvalue weighted by Gasteiger charge is -2.31. The molecule has 0 spiro atoms. The van der Waals surface area contributed by atoms with Gasteiger partial charge in [-0.2, -0.15) is 18.2 Å². The Bertz CT molecular complexity index is 800. The average molecular weight is 356 g/mol. The van der Waals surface area contributed by atoms with E-state index in [0.717, 1.165) is 11.8 Å². The van der Waals surface area contributed by atoms with Gasteiger partial charge in [0.15, 0.2) is 0 Å².